The van der Waals surface area contributed by atoms with Crippen molar-refractivity contribution in [3.63, 3.8) is 0 Å². The molecule has 5 fully saturated rings. The van der Waals surface area contributed by atoms with Gasteiger partial charge in [-0.3, -0.25) is 19.2 Å². The number of aromatic hydroxyl groups is 1. The van der Waals surface area contributed by atoms with Gasteiger partial charge in [0.15, 0.2) is 12.2 Å². The molecule has 0 bridgehead atoms. The van der Waals surface area contributed by atoms with Crippen LogP contribution in [0.2, 0.25) is 10.0 Å². The van der Waals surface area contributed by atoms with Crippen molar-refractivity contribution in [2.45, 2.75) is 182 Å². The Kier molecular flexibility index (Phi) is 57.8. The zero-order valence-corrected chi connectivity index (χ0v) is 85.9. The fourth-order valence-corrected chi connectivity index (χ4v) is 18.7. The summed E-state index contributed by atoms with van der Waals surface area (Å²) in [6.07, 6.45) is 3.45. The Morgan fingerprint density at radius 3 is 1.14 bits per heavy atom. The van der Waals surface area contributed by atoms with E-state index in [-0.39, 0.29) is 62.4 Å². The number of carbonyl (C=O) groups is 4. The standard InChI is InChI=1S/C30H37ClO6S.C25H29ClO6.C12H16Br2O.C12H18O3.C12H16OS.C5H10OS.2Na.H2S/c1-5-27-18(2)28(35-19(3)32)30(36-20(4)33)29(37-27)23-8-11-26(31)24(15-23)14-21-6-9-25(10-7-21)34-13-12-22-16-38-17-22;1-5-22-14(2)23(30-15(3)27)25(31-16(4)28)24(32-22)18-8-11-21(26)19(13-18)12-17-6-9-20(29)10-7-17;2*13-8-12(9-14)6-7-15-10-11-4-2-1-3-5-11;1-2-4-11(5-3-1)8-13-7-6-12-9-14-10-12;6-2-1-5-3-7-4-5;;;/h6-11,15,18,22,27-30H,5,12-14,16-17H2,1-4H3;6-11,13-14,22-25,29H,5,12H2,1-4H3;1-5,12H,6-10H2;1-5,12-14H,6-10H2;1-5,12H,6-10H2;5-6H,1-4H2;;;1H2/t18-,27-,28+,29+,30-;14-,22-,23+,24+,25-;;;;;;;/m11......./s1. The second kappa shape index (κ2) is 64.5. The van der Waals surface area contributed by atoms with Crippen LogP contribution in [0, 0.1) is 41.4 Å². The maximum atomic E-state index is 12.0. The summed E-state index contributed by atoms with van der Waals surface area (Å²) in [6.45, 7) is 18.9. The molecule has 5 heterocycles. The van der Waals surface area contributed by atoms with Crippen LogP contribution >= 0.6 is 104 Å². The van der Waals surface area contributed by atoms with Crippen LogP contribution in [-0.4, -0.2) is 216 Å². The summed E-state index contributed by atoms with van der Waals surface area (Å²) in [4.78, 5) is 47.7. The van der Waals surface area contributed by atoms with Gasteiger partial charge in [0.05, 0.1) is 38.6 Å². The van der Waals surface area contributed by atoms with Crippen molar-refractivity contribution in [2.24, 2.45) is 41.4 Å². The number of carbonyl (C=O) groups excluding carboxylic acids is 4. The number of thioether (sulfide) groups is 3. The summed E-state index contributed by atoms with van der Waals surface area (Å²) in [5, 5.41) is 38.9. The number of hydrogen-bond acceptors (Lipinski definition) is 21. The number of ether oxygens (including phenoxy) is 10. The summed E-state index contributed by atoms with van der Waals surface area (Å²) >= 11 is 29.0. The summed E-state index contributed by atoms with van der Waals surface area (Å²) in [7, 11) is 0. The predicted octanol–water partition coefficient (Wildman–Crippen LogP) is 19.6. The molecule has 124 heavy (non-hydrogen) atoms. The minimum Gasteiger partial charge on any atom is -0.377 e. The van der Waals surface area contributed by atoms with Crippen molar-refractivity contribution in [1.29, 1.82) is 0 Å². The second-order valence-electron chi connectivity index (χ2n) is 31.1. The van der Waals surface area contributed by atoms with Crippen LogP contribution in [-0.2, 0) is 94.5 Å². The molecule has 10 atom stereocenters. The van der Waals surface area contributed by atoms with E-state index in [0.717, 1.165) is 138 Å². The van der Waals surface area contributed by atoms with Crippen molar-refractivity contribution < 1.29 is 87.0 Å². The molecule has 0 amide bonds. The number of phenolic OH excluding ortho intramolecular Hbond substituents is 1. The molecule has 5 aliphatic heterocycles. The Hall–Kier alpha value is -3.36. The molecule has 12 rings (SSSR count). The van der Waals surface area contributed by atoms with Gasteiger partial charge in [-0.2, -0.15) is 48.8 Å². The quantitative estimate of drug-likeness (QED) is 0.00930. The van der Waals surface area contributed by atoms with Gasteiger partial charge in [0.1, 0.15) is 35.9 Å². The van der Waals surface area contributed by atoms with E-state index in [2.05, 4.69) is 80.4 Å². The normalized spacial score (nSPS) is 20.1. The van der Waals surface area contributed by atoms with Crippen LogP contribution in [0.5, 0.6) is 11.5 Å². The van der Waals surface area contributed by atoms with Crippen LogP contribution in [0.25, 0.3) is 0 Å². The summed E-state index contributed by atoms with van der Waals surface area (Å²) in [6, 6.07) is 56.9. The molecule has 18 nitrogen and oxygen atoms in total. The summed E-state index contributed by atoms with van der Waals surface area (Å²) in [5.74, 6) is 9.93. The Labute approximate surface area is 812 Å². The van der Waals surface area contributed by atoms with Gasteiger partial charge < -0.3 is 67.8 Å². The topological polar surface area (TPSA) is 241 Å². The van der Waals surface area contributed by atoms with Crippen molar-refractivity contribution in [2.75, 3.05) is 91.4 Å². The number of aliphatic hydroxyl groups excluding tert-OH is 3. The SMILES string of the molecule is BrCC(CBr)CCOCc1ccccc1.CC[C@H]1O[C@@H](c2ccc(Cl)c(Cc3ccc(O)cc3)c2)[C@H](OC(C)=O)[C@@H](OC(C)=O)[C@@H]1C.CC[C@H]1O[C@@H](c2ccc(Cl)c(Cc3ccc(OCCC4CSC4)cc3)c2)[C@H](OC(C)=O)[C@@H](OC(C)=O)[C@@H]1C.OCC(CO)CCOCc1ccccc1.OCCC1CSC1.S.[Na][Na].c1ccc(COCCC2CSC2)cc1. The van der Waals surface area contributed by atoms with Crippen molar-refractivity contribution in [1.82, 2.24) is 0 Å². The molecule has 5 saturated heterocycles. The fourth-order valence-electron chi connectivity index (χ4n) is 13.9. The molecule has 0 saturated carbocycles. The monoisotopic (exact) mass is 1970 g/mol. The third-order valence-electron chi connectivity index (χ3n) is 21.3. The van der Waals surface area contributed by atoms with Gasteiger partial charge >= 0.3 is 67.5 Å². The zero-order valence-electron chi connectivity index (χ0n) is 73.7. The Morgan fingerprint density at radius 1 is 0.460 bits per heavy atom. The van der Waals surface area contributed by atoms with Crippen LogP contribution < -0.4 is 4.74 Å². The minimum atomic E-state index is -0.781. The number of alkyl halides is 2. The van der Waals surface area contributed by atoms with Gasteiger partial charge in [-0.25, -0.2) is 0 Å². The Balaban J connectivity index is 0.000000283. The number of aliphatic hydroxyl groups is 3. The first-order valence-corrected chi connectivity index (χ1v) is 57.6. The molecule has 0 spiro atoms. The fraction of sp³-hybridized carbons (Fsp3) is 0.521. The van der Waals surface area contributed by atoms with E-state index in [9.17, 15) is 24.3 Å². The maximum Gasteiger partial charge on any atom is 0.0716 e. The molecule has 28 heteroatoms. The third kappa shape index (κ3) is 41.6. The smallest absolute Gasteiger partial charge is 0.0716 e. The molecular weight excluding hydrogens is 1850 g/mol. The number of halogens is 4. The van der Waals surface area contributed by atoms with E-state index in [0.29, 0.717) is 55.0 Å². The second-order valence-corrected chi connectivity index (χ2v) is 36.5. The van der Waals surface area contributed by atoms with E-state index >= 15 is 0 Å². The van der Waals surface area contributed by atoms with E-state index in [4.69, 9.17) is 85.9 Å². The number of benzene rings is 7. The molecule has 7 aromatic carbocycles. The van der Waals surface area contributed by atoms with E-state index < -0.39 is 60.5 Å². The van der Waals surface area contributed by atoms with Gasteiger partial charge in [0.2, 0.25) is 0 Å². The maximum absolute atomic E-state index is 12.0. The van der Waals surface area contributed by atoms with Crippen LogP contribution in [0.1, 0.15) is 163 Å². The van der Waals surface area contributed by atoms with E-state index in [1.165, 1.54) is 123 Å². The van der Waals surface area contributed by atoms with Gasteiger partial charge in [0.25, 0.3) is 0 Å². The first kappa shape index (κ1) is 111. The molecule has 0 unspecified atom stereocenters. The molecule has 0 aliphatic carbocycles. The minimum absolute atomic E-state index is 0. The van der Waals surface area contributed by atoms with Crippen LogP contribution in [0.3, 0.4) is 0 Å². The molecule has 674 valence electrons. The molecule has 0 radical (unpaired) electrons. The largest absolute Gasteiger partial charge is 0.377 e. The van der Waals surface area contributed by atoms with E-state index in [1.54, 1.807) is 18.2 Å². The summed E-state index contributed by atoms with van der Waals surface area (Å²) < 4.78 is 58.0. The van der Waals surface area contributed by atoms with Crippen LogP contribution in [0.4, 0.5) is 0 Å². The molecule has 0 aromatic heterocycles. The van der Waals surface area contributed by atoms with Gasteiger partial charge in [-0.15, -0.1) is 0 Å². The van der Waals surface area contributed by atoms with E-state index in [1.807, 2.05) is 172 Å². The average Bonchev–Trinajstić information content (AvgIpc) is 0.779. The molecule has 4 N–H and O–H groups in total. The van der Waals surface area contributed by atoms with Crippen molar-refractivity contribution in [3.8, 4) is 11.5 Å². The molecule has 7 aromatic rings. The Morgan fingerprint density at radius 2 is 0.806 bits per heavy atom. The Bertz CT molecular complexity index is 4000. The first-order valence-electron chi connectivity index (χ1n) is 43.1. The van der Waals surface area contributed by atoms with Gasteiger partial charge in [-0.05, 0) is 202 Å². The number of hydrogen-bond donors (Lipinski definition) is 4. The number of rotatable bonds is 37. The first-order chi connectivity index (χ1) is 59.5. The van der Waals surface area contributed by atoms with Crippen molar-refractivity contribution >= 4 is 171 Å². The predicted molar refractivity (Wildman–Crippen MR) is 516 cm³/mol. The van der Waals surface area contributed by atoms with Gasteiger partial charge in [0, 0.05) is 106 Å². The average molecular weight is 1980 g/mol. The summed E-state index contributed by atoms with van der Waals surface area (Å²) in [5.41, 5.74) is 9.16. The zero-order chi connectivity index (χ0) is 89.3. The number of phenols is 1. The third-order valence-corrected chi connectivity index (χ3v) is 28.1. The van der Waals surface area contributed by atoms with Crippen molar-refractivity contribution in [3.05, 3.63) is 236 Å². The van der Waals surface area contributed by atoms with Crippen LogP contribution in [0.15, 0.2) is 176 Å². The van der Waals surface area contributed by atoms with Gasteiger partial charge in [-0.1, -0.05) is 222 Å². The molecule has 5 aliphatic rings. The number of esters is 4. The molecular formula is C96H128Br2Cl2Na2O18S4.